The van der Waals surface area contributed by atoms with Crippen LogP contribution in [0.25, 0.3) is 0 Å². The average molecular weight is 257 g/mol. The van der Waals surface area contributed by atoms with Gasteiger partial charge in [0.05, 0.1) is 0 Å². The standard InChI is InChI=1S/C17H23NO/c1-12-10-14(17(3,4)5)11-13(2)16(12)15(19)8-9-18(6)7/h10-11H,1-7H3. The van der Waals surface area contributed by atoms with Gasteiger partial charge in [-0.25, -0.2) is 0 Å². The zero-order chi connectivity index (χ0) is 14.8. The van der Waals surface area contributed by atoms with Crippen molar-refractivity contribution in [2.45, 2.75) is 40.0 Å². The normalized spacial score (nSPS) is 10.7. The zero-order valence-electron chi connectivity index (χ0n) is 13.0. The molecule has 0 atom stereocenters. The minimum atomic E-state index is -0.107. The van der Waals surface area contributed by atoms with Crippen molar-refractivity contribution in [2.24, 2.45) is 0 Å². The van der Waals surface area contributed by atoms with Crippen molar-refractivity contribution in [2.75, 3.05) is 14.1 Å². The highest BCUT2D eigenvalue weighted by atomic mass is 16.1. The first-order chi connectivity index (χ1) is 8.62. The molecule has 0 bridgehead atoms. The van der Waals surface area contributed by atoms with E-state index in [-0.39, 0.29) is 11.2 Å². The van der Waals surface area contributed by atoms with Crippen LogP contribution in [0.3, 0.4) is 0 Å². The van der Waals surface area contributed by atoms with Crippen LogP contribution in [0, 0.1) is 25.8 Å². The highest BCUT2D eigenvalue weighted by Crippen LogP contribution is 2.27. The molecule has 1 aromatic rings. The van der Waals surface area contributed by atoms with E-state index in [2.05, 4.69) is 44.9 Å². The number of aryl methyl sites for hydroxylation is 2. The Bertz CT molecular complexity index is 528. The van der Waals surface area contributed by atoms with Gasteiger partial charge in [-0.05, 0) is 41.9 Å². The predicted molar refractivity (Wildman–Crippen MR) is 80.4 cm³/mol. The molecule has 0 heterocycles. The van der Waals surface area contributed by atoms with Gasteiger partial charge in [0.2, 0.25) is 5.78 Å². The largest absolute Gasteiger partial charge is 0.338 e. The molecule has 2 nitrogen and oxygen atoms in total. The molecule has 102 valence electrons. The lowest BCUT2D eigenvalue weighted by Gasteiger charge is -2.21. The van der Waals surface area contributed by atoms with Crippen molar-refractivity contribution in [3.8, 4) is 12.0 Å². The molecule has 0 aliphatic heterocycles. The Morgan fingerprint density at radius 2 is 1.58 bits per heavy atom. The maximum absolute atomic E-state index is 12.2. The summed E-state index contributed by atoms with van der Waals surface area (Å²) < 4.78 is 0. The molecule has 0 radical (unpaired) electrons. The quantitative estimate of drug-likeness (QED) is 0.437. The van der Waals surface area contributed by atoms with E-state index in [0.717, 1.165) is 16.7 Å². The fourth-order valence-electron chi connectivity index (χ4n) is 1.98. The first kappa shape index (κ1) is 15.3. The second kappa shape index (κ2) is 5.48. The van der Waals surface area contributed by atoms with Crippen LogP contribution in [-0.4, -0.2) is 24.8 Å². The van der Waals surface area contributed by atoms with E-state index >= 15 is 0 Å². The van der Waals surface area contributed by atoms with Crippen molar-refractivity contribution in [1.29, 1.82) is 0 Å². The van der Waals surface area contributed by atoms with Gasteiger partial charge in [0, 0.05) is 25.7 Å². The number of ketones is 1. The molecule has 0 spiro atoms. The molecule has 0 saturated heterocycles. The third-order valence-electron chi connectivity index (χ3n) is 3.02. The lowest BCUT2D eigenvalue weighted by Crippen LogP contribution is -2.14. The van der Waals surface area contributed by atoms with Crippen LogP contribution in [0.1, 0.15) is 47.8 Å². The first-order valence-electron chi connectivity index (χ1n) is 6.48. The monoisotopic (exact) mass is 257 g/mol. The second-order valence-corrected chi connectivity index (χ2v) is 6.20. The van der Waals surface area contributed by atoms with Gasteiger partial charge in [-0.1, -0.05) is 32.9 Å². The molecular formula is C17H23NO. The van der Waals surface area contributed by atoms with Gasteiger partial charge in [-0.2, -0.15) is 0 Å². The third kappa shape index (κ3) is 3.86. The van der Waals surface area contributed by atoms with Crippen molar-refractivity contribution < 1.29 is 4.79 Å². The minimum absolute atomic E-state index is 0.0897. The molecule has 0 aliphatic carbocycles. The van der Waals surface area contributed by atoms with Crippen LogP contribution in [0.2, 0.25) is 0 Å². The van der Waals surface area contributed by atoms with Gasteiger partial charge in [0.15, 0.2) is 0 Å². The van der Waals surface area contributed by atoms with E-state index in [1.54, 1.807) is 4.90 Å². The van der Waals surface area contributed by atoms with Crippen molar-refractivity contribution in [3.63, 3.8) is 0 Å². The maximum atomic E-state index is 12.2. The summed E-state index contributed by atoms with van der Waals surface area (Å²) in [7, 11) is 3.64. The van der Waals surface area contributed by atoms with Gasteiger partial charge in [-0.15, -0.1) is 0 Å². The SMILES string of the molecule is Cc1cc(C(C)(C)C)cc(C)c1C(=O)C#CN(C)C. The Morgan fingerprint density at radius 1 is 1.11 bits per heavy atom. The molecule has 0 amide bonds. The Morgan fingerprint density at radius 3 is 1.95 bits per heavy atom. The van der Waals surface area contributed by atoms with Gasteiger partial charge in [-0.3, -0.25) is 4.79 Å². The molecule has 0 unspecified atom stereocenters. The highest BCUT2D eigenvalue weighted by Gasteiger charge is 2.18. The van der Waals surface area contributed by atoms with Gasteiger partial charge < -0.3 is 4.90 Å². The van der Waals surface area contributed by atoms with E-state index in [1.807, 2.05) is 27.9 Å². The topological polar surface area (TPSA) is 20.3 Å². The smallest absolute Gasteiger partial charge is 0.238 e. The molecule has 1 rings (SSSR count). The zero-order valence-corrected chi connectivity index (χ0v) is 13.0. The van der Waals surface area contributed by atoms with E-state index in [9.17, 15) is 4.79 Å². The molecular weight excluding hydrogens is 234 g/mol. The number of hydrogen-bond donors (Lipinski definition) is 0. The summed E-state index contributed by atoms with van der Waals surface area (Å²) in [5.41, 5.74) is 4.08. The Labute approximate surface area is 116 Å². The predicted octanol–water partition coefficient (Wildman–Crippen LogP) is 3.31. The van der Waals surface area contributed by atoms with Crippen LogP contribution in [0.5, 0.6) is 0 Å². The van der Waals surface area contributed by atoms with E-state index in [1.165, 1.54) is 5.56 Å². The Balaban J connectivity index is 3.27. The number of carbonyl (C=O) groups excluding carboxylic acids is 1. The molecule has 0 fully saturated rings. The molecule has 0 saturated carbocycles. The molecule has 0 aliphatic rings. The maximum Gasteiger partial charge on any atom is 0.238 e. The fraction of sp³-hybridized carbons (Fsp3) is 0.471. The Kier molecular flexibility index (Phi) is 4.42. The fourth-order valence-corrected chi connectivity index (χ4v) is 1.98. The summed E-state index contributed by atoms with van der Waals surface area (Å²) in [4.78, 5) is 13.8. The van der Waals surface area contributed by atoms with E-state index in [4.69, 9.17) is 0 Å². The second-order valence-electron chi connectivity index (χ2n) is 6.20. The lowest BCUT2D eigenvalue weighted by molar-refractivity contribution is 0.105. The number of hydrogen-bond acceptors (Lipinski definition) is 2. The van der Waals surface area contributed by atoms with Crippen molar-refractivity contribution >= 4 is 5.78 Å². The first-order valence-corrected chi connectivity index (χ1v) is 6.48. The number of carbonyl (C=O) groups is 1. The number of nitrogens with zero attached hydrogens (tertiary/aromatic N) is 1. The molecule has 1 aromatic carbocycles. The van der Waals surface area contributed by atoms with Crippen LogP contribution >= 0.6 is 0 Å². The minimum Gasteiger partial charge on any atom is -0.338 e. The van der Waals surface area contributed by atoms with Gasteiger partial charge in [0.1, 0.15) is 0 Å². The summed E-state index contributed by atoms with van der Waals surface area (Å²) in [5, 5.41) is 0. The van der Waals surface area contributed by atoms with Crippen molar-refractivity contribution in [3.05, 3.63) is 34.4 Å². The number of benzene rings is 1. The van der Waals surface area contributed by atoms with Crippen molar-refractivity contribution in [1.82, 2.24) is 4.90 Å². The van der Waals surface area contributed by atoms with Crippen LogP contribution in [0.15, 0.2) is 12.1 Å². The summed E-state index contributed by atoms with van der Waals surface area (Å²) in [6.07, 6.45) is 0. The molecule has 19 heavy (non-hydrogen) atoms. The lowest BCUT2D eigenvalue weighted by atomic mass is 9.83. The van der Waals surface area contributed by atoms with Gasteiger partial charge >= 0.3 is 0 Å². The summed E-state index contributed by atoms with van der Waals surface area (Å²) in [6.45, 7) is 10.5. The summed E-state index contributed by atoms with van der Waals surface area (Å²) in [6, 6.07) is 6.97. The highest BCUT2D eigenvalue weighted by molar-refractivity contribution is 6.10. The van der Waals surface area contributed by atoms with Crippen LogP contribution < -0.4 is 0 Å². The molecule has 0 N–H and O–H groups in total. The van der Waals surface area contributed by atoms with E-state index in [0.29, 0.717) is 0 Å². The summed E-state index contributed by atoms with van der Waals surface area (Å²) in [5.74, 6) is 2.57. The summed E-state index contributed by atoms with van der Waals surface area (Å²) >= 11 is 0. The van der Waals surface area contributed by atoms with Crippen LogP contribution in [-0.2, 0) is 5.41 Å². The third-order valence-corrected chi connectivity index (χ3v) is 3.02. The Hall–Kier alpha value is -1.75. The molecule has 0 aromatic heterocycles. The van der Waals surface area contributed by atoms with Gasteiger partial charge in [0.25, 0.3) is 0 Å². The average Bonchev–Trinajstić information content (AvgIpc) is 2.24. The van der Waals surface area contributed by atoms with Crippen LogP contribution in [0.4, 0.5) is 0 Å². The number of rotatable bonds is 1. The number of Topliss-reactive ketones (excluding diaryl/α,β-unsaturated/α-hetero) is 1. The molecule has 2 heteroatoms. The van der Waals surface area contributed by atoms with E-state index < -0.39 is 0 Å².